The number of rotatable bonds is 5. The monoisotopic (exact) mass is 361 g/mol. The van der Waals surface area contributed by atoms with E-state index in [2.05, 4.69) is 5.32 Å². The number of carbonyl (C=O) groups excluding carboxylic acids is 1. The molecule has 27 heavy (non-hydrogen) atoms. The van der Waals surface area contributed by atoms with Crippen molar-refractivity contribution in [2.45, 2.75) is 0 Å². The van der Waals surface area contributed by atoms with E-state index >= 15 is 0 Å². The molecule has 0 aliphatic heterocycles. The van der Waals surface area contributed by atoms with E-state index in [0.29, 0.717) is 0 Å². The maximum atomic E-state index is 13.0. The van der Waals surface area contributed by atoms with Gasteiger partial charge in [-0.3, -0.25) is 4.79 Å². The quantitative estimate of drug-likeness (QED) is 0.632. The molecule has 0 fully saturated rings. The number of carboxylic acid groups (broad SMARTS) is 1. The number of aromatic carboxylic acids is 1. The lowest BCUT2D eigenvalue weighted by molar-refractivity contribution is 0.0698. The zero-order valence-corrected chi connectivity index (χ0v) is 14.2. The number of halogens is 1. The fraction of sp³-hybridized carbons (Fsp3) is 0. The molecule has 5 heteroatoms. The van der Waals surface area contributed by atoms with Crippen molar-refractivity contribution >= 4 is 29.7 Å². The Bertz CT molecular complexity index is 996. The molecule has 0 saturated carbocycles. The summed E-state index contributed by atoms with van der Waals surface area (Å²) in [5, 5.41) is 12.0. The predicted octanol–water partition coefficient (Wildman–Crippen LogP) is 4.95. The van der Waals surface area contributed by atoms with Gasteiger partial charge in [0.25, 0.3) is 5.91 Å². The number of anilines is 1. The van der Waals surface area contributed by atoms with Crippen LogP contribution < -0.4 is 5.32 Å². The van der Waals surface area contributed by atoms with Crippen molar-refractivity contribution in [2.75, 3.05) is 5.32 Å². The number of hydrogen-bond donors (Lipinski definition) is 2. The Hall–Kier alpha value is -3.73. The summed E-state index contributed by atoms with van der Waals surface area (Å²) in [6.07, 6.45) is 3.72. The van der Waals surface area contributed by atoms with Crippen molar-refractivity contribution in [1.82, 2.24) is 0 Å². The molecule has 3 aromatic rings. The van der Waals surface area contributed by atoms with E-state index in [0.717, 1.165) is 11.1 Å². The van der Waals surface area contributed by atoms with E-state index in [1.165, 1.54) is 30.3 Å². The largest absolute Gasteiger partial charge is 0.478 e. The molecule has 3 rings (SSSR count). The van der Waals surface area contributed by atoms with Crippen LogP contribution in [-0.2, 0) is 0 Å². The van der Waals surface area contributed by atoms with Gasteiger partial charge in [-0.15, -0.1) is 0 Å². The predicted molar refractivity (Wildman–Crippen MR) is 103 cm³/mol. The molecule has 3 aromatic carbocycles. The molecule has 0 aromatic heterocycles. The summed E-state index contributed by atoms with van der Waals surface area (Å²) in [6.45, 7) is 0. The molecule has 0 unspecified atom stereocenters. The first-order valence-electron chi connectivity index (χ1n) is 8.20. The molecule has 0 heterocycles. The van der Waals surface area contributed by atoms with E-state index in [9.17, 15) is 19.1 Å². The smallest absolute Gasteiger partial charge is 0.337 e. The third-order valence-corrected chi connectivity index (χ3v) is 3.90. The van der Waals surface area contributed by atoms with Crippen molar-refractivity contribution in [2.24, 2.45) is 0 Å². The van der Waals surface area contributed by atoms with Crippen LogP contribution in [0.5, 0.6) is 0 Å². The van der Waals surface area contributed by atoms with Crippen LogP contribution in [0.15, 0.2) is 72.8 Å². The van der Waals surface area contributed by atoms with Gasteiger partial charge in [0.2, 0.25) is 0 Å². The van der Waals surface area contributed by atoms with E-state index in [1.807, 2.05) is 42.5 Å². The summed E-state index contributed by atoms with van der Waals surface area (Å²) in [7, 11) is 0. The van der Waals surface area contributed by atoms with Gasteiger partial charge in [0.05, 0.1) is 11.3 Å². The Labute approximate surface area is 155 Å². The van der Waals surface area contributed by atoms with Crippen molar-refractivity contribution < 1.29 is 19.1 Å². The van der Waals surface area contributed by atoms with Crippen LogP contribution in [0, 0.1) is 5.82 Å². The first kappa shape index (κ1) is 18.1. The van der Waals surface area contributed by atoms with Gasteiger partial charge >= 0.3 is 5.97 Å². The lowest BCUT2D eigenvalue weighted by Crippen LogP contribution is -2.15. The zero-order chi connectivity index (χ0) is 19.2. The van der Waals surface area contributed by atoms with Crippen LogP contribution >= 0.6 is 0 Å². The number of carbonyl (C=O) groups is 2. The van der Waals surface area contributed by atoms with Gasteiger partial charge in [-0.1, -0.05) is 48.6 Å². The first-order valence-corrected chi connectivity index (χ1v) is 8.20. The van der Waals surface area contributed by atoms with Crippen LogP contribution in [-0.4, -0.2) is 17.0 Å². The van der Waals surface area contributed by atoms with Crippen LogP contribution in [0.25, 0.3) is 12.2 Å². The SMILES string of the molecule is O=C(Nc1cc(C=Cc2ccccc2)ccc1C(=O)O)c1ccc(F)cc1. The minimum atomic E-state index is -1.15. The number of hydrogen-bond acceptors (Lipinski definition) is 2. The highest BCUT2D eigenvalue weighted by Crippen LogP contribution is 2.21. The van der Waals surface area contributed by atoms with E-state index in [4.69, 9.17) is 0 Å². The van der Waals surface area contributed by atoms with Crippen molar-refractivity contribution in [3.05, 3.63) is 101 Å². The Morgan fingerprint density at radius 2 is 1.52 bits per heavy atom. The molecule has 0 saturated heterocycles. The fourth-order valence-corrected chi connectivity index (χ4v) is 2.51. The summed E-state index contributed by atoms with van der Waals surface area (Å²) >= 11 is 0. The maximum absolute atomic E-state index is 13.0. The molecule has 1 amide bonds. The normalized spacial score (nSPS) is 10.7. The Balaban J connectivity index is 1.87. The average molecular weight is 361 g/mol. The molecule has 134 valence electrons. The zero-order valence-electron chi connectivity index (χ0n) is 14.2. The van der Waals surface area contributed by atoms with Gasteiger partial charge in [0.15, 0.2) is 0 Å². The molecule has 0 aliphatic carbocycles. The van der Waals surface area contributed by atoms with Gasteiger partial charge in [-0.25, -0.2) is 9.18 Å². The average Bonchev–Trinajstić information content (AvgIpc) is 2.67. The lowest BCUT2D eigenvalue weighted by Gasteiger charge is -2.10. The minimum absolute atomic E-state index is 0.0256. The fourth-order valence-electron chi connectivity index (χ4n) is 2.51. The summed E-state index contributed by atoms with van der Waals surface area (Å²) in [6, 6.07) is 19.4. The molecular weight excluding hydrogens is 345 g/mol. The highest BCUT2D eigenvalue weighted by Gasteiger charge is 2.14. The van der Waals surface area contributed by atoms with Crippen LogP contribution in [0.2, 0.25) is 0 Å². The number of carboxylic acids is 1. The Morgan fingerprint density at radius 3 is 2.19 bits per heavy atom. The standard InChI is InChI=1S/C22H16FNO3/c23-18-11-9-17(10-12-18)21(25)24-20-14-16(8-13-19(20)22(26)27)7-6-15-4-2-1-3-5-15/h1-14H,(H,24,25)(H,26,27). The van der Waals surface area contributed by atoms with Gasteiger partial charge in [-0.05, 0) is 47.5 Å². The van der Waals surface area contributed by atoms with E-state index < -0.39 is 17.7 Å². The van der Waals surface area contributed by atoms with Crippen LogP contribution in [0.4, 0.5) is 10.1 Å². The summed E-state index contributed by atoms with van der Waals surface area (Å²) in [5.41, 5.74) is 2.11. The van der Waals surface area contributed by atoms with Gasteiger partial charge in [0.1, 0.15) is 5.82 Å². The third kappa shape index (κ3) is 4.67. The summed E-state index contributed by atoms with van der Waals surface area (Å²) in [5.74, 6) is -2.12. The molecule has 0 bridgehead atoms. The topological polar surface area (TPSA) is 66.4 Å². The summed E-state index contributed by atoms with van der Waals surface area (Å²) in [4.78, 5) is 23.8. The molecule has 4 nitrogen and oxygen atoms in total. The second-order valence-corrected chi connectivity index (χ2v) is 5.82. The molecule has 0 radical (unpaired) electrons. The van der Waals surface area contributed by atoms with Crippen molar-refractivity contribution in [1.29, 1.82) is 0 Å². The van der Waals surface area contributed by atoms with Crippen LogP contribution in [0.1, 0.15) is 31.8 Å². The molecule has 0 atom stereocenters. The summed E-state index contributed by atoms with van der Waals surface area (Å²) < 4.78 is 13.0. The molecule has 0 spiro atoms. The Morgan fingerprint density at radius 1 is 0.852 bits per heavy atom. The minimum Gasteiger partial charge on any atom is -0.478 e. The second-order valence-electron chi connectivity index (χ2n) is 5.82. The highest BCUT2D eigenvalue weighted by molar-refractivity contribution is 6.08. The molecule has 2 N–H and O–H groups in total. The lowest BCUT2D eigenvalue weighted by atomic mass is 10.1. The molecule has 0 aliphatic rings. The highest BCUT2D eigenvalue weighted by atomic mass is 19.1. The van der Waals surface area contributed by atoms with Gasteiger partial charge in [-0.2, -0.15) is 0 Å². The first-order chi connectivity index (χ1) is 13.0. The third-order valence-electron chi connectivity index (χ3n) is 3.90. The number of amides is 1. The van der Waals surface area contributed by atoms with Gasteiger partial charge < -0.3 is 10.4 Å². The van der Waals surface area contributed by atoms with Crippen molar-refractivity contribution in [3.8, 4) is 0 Å². The van der Waals surface area contributed by atoms with Crippen molar-refractivity contribution in [3.63, 3.8) is 0 Å². The molecular formula is C22H16FNO3. The number of benzene rings is 3. The second kappa shape index (κ2) is 8.10. The van der Waals surface area contributed by atoms with Crippen LogP contribution in [0.3, 0.4) is 0 Å². The van der Waals surface area contributed by atoms with E-state index in [1.54, 1.807) is 12.1 Å². The Kier molecular flexibility index (Phi) is 5.42. The van der Waals surface area contributed by atoms with E-state index in [-0.39, 0.29) is 16.8 Å². The number of nitrogens with one attached hydrogen (secondary N) is 1. The van der Waals surface area contributed by atoms with Gasteiger partial charge in [0, 0.05) is 5.56 Å². The maximum Gasteiger partial charge on any atom is 0.337 e.